The summed E-state index contributed by atoms with van der Waals surface area (Å²) in [5, 5.41) is -0.259. The number of hydrogen-bond donors (Lipinski definition) is 0. The second-order valence-electron chi connectivity index (χ2n) is 2.36. The molecule has 3 nitrogen and oxygen atoms in total. The van der Waals surface area contributed by atoms with Gasteiger partial charge in [0.15, 0.2) is 16.0 Å². The molecule has 0 atom stereocenters. The quantitative estimate of drug-likeness (QED) is 0.766. The third kappa shape index (κ3) is 2.26. The van der Waals surface area contributed by atoms with Crippen LogP contribution in [-0.4, -0.2) is 14.3 Å². The van der Waals surface area contributed by atoms with Crippen molar-refractivity contribution in [3.8, 4) is 0 Å². The number of pyridine rings is 1. The first kappa shape index (κ1) is 10.4. The minimum Gasteiger partial charge on any atom is -0.216 e. The monoisotopic (exact) mass is 249 g/mol. The Kier molecular flexibility index (Phi) is 2.87. The van der Waals surface area contributed by atoms with Crippen molar-refractivity contribution in [3.05, 3.63) is 30.0 Å². The minimum absolute atomic E-state index is 0.259. The van der Waals surface area contributed by atoms with E-state index >= 15 is 0 Å². The molecular weight excluding hydrogens is 247 g/mol. The van der Waals surface area contributed by atoms with E-state index in [1.165, 1.54) is 6.33 Å². The first-order valence-corrected chi connectivity index (χ1v) is 5.22. The first-order chi connectivity index (χ1) is 7.16. The summed E-state index contributed by atoms with van der Waals surface area (Å²) in [5.41, 5.74) is 0. The van der Waals surface area contributed by atoms with Crippen LogP contribution in [0.3, 0.4) is 0 Å². The standard InChI is InChI=1S/C7H2F3N3S2/c8-3-1-4(9)6(13-5(3)10)14-7-11-2-12-15-7/h1-2H. The molecule has 0 aromatic carbocycles. The summed E-state index contributed by atoms with van der Waals surface area (Å²) in [6.07, 6.45) is 1.28. The van der Waals surface area contributed by atoms with Crippen LogP contribution in [0.5, 0.6) is 0 Å². The average Bonchev–Trinajstić information content (AvgIpc) is 2.67. The van der Waals surface area contributed by atoms with Crippen molar-refractivity contribution in [2.75, 3.05) is 0 Å². The highest BCUT2D eigenvalue weighted by molar-refractivity contribution is 8.00. The summed E-state index contributed by atoms with van der Waals surface area (Å²) in [5.74, 6) is -3.56. The fraction of sp³-hybridized carbons (Fsp3) is 0. The number of halogens is 3. The molecule has 0 bridgehead atoms. The van der Waals surface area contributed by atoms with E-state index in [1.54, 1.807) is 0 Å². The van der Waals surface area contributed by atoms with E-state index in [9.17, 15) is 13.2 Å². The second-order valence-corrected chi connectivity index (χ2v) is 4.37. The summed E-state index contributed by atoms with van der Waals surface area (Å²) in [7, 11) is 0. The molecule has 0 saturated heterocycles. The molecule has 0 N–H and O–H groups in total. The Balaban J connectivity index is 2.33. The molecule has 2 heterocycles. The van der Waals surface area contributed by atoms with Gasteiger partial charge in [-0.05, 0) is 23.3 Å². The van der Waals surface area contributed by atoms with E-state index in [4.69, 9.17) is 0 Å². The van der Waals surface area contributed by atoms with Gasteiger partial charge in [0.1, 0.15) is 11.4 Å². The lowest BCUT2D eigenvalue weighted by molar-refractivity contribution is 0.448. The van der Waals surface area contributed by atoms with Gasteiger partial charge in [0.05, 0.1) is 0 Å². The van der Waals surface area contributed by atoms with Gasteiger partial charge in [-0.3, -0.25) is 0 Å². The van der Waals surface area contributed by atoms with Crippen LogP contribution >= 0.6 is 23.3 Å². The Morgan fingerprint density at radius 2 is 2.00 bits per heavy atom. The number of rotatable bonds is 2. The van der Waals surface area contributed by atoms with Crippen LogP contribution in [0.1, 0.15) is 0 Å². The fourth-order valence-corrected chi connectivity index (χ4v) is 2.13. The zero-order valence-electron chi connectivity index (χ0n) is 6.95. The molecule has 8 heteroatoms. The van der Waals surface area contributed by atoms with Crippen LogP contribution in [0.4, 0.5) is 13.2 Å². The predicted octanol–water partition coefficient (Wildman–Crippen LogP) is 2.50. The Morgan fingerprint density at radius 1 is 1.20 bits per heavy atom. The Morgan fingerprint density at radius 3 is 2.67 bits per heavy atom. The van der Waals surface area contributed by atoms with Crippen molar-refractivity contribution in [1.29, 1.82) is 0 Å². The summed E-state index contributed by atoms with van der Waals surface area (Å²) in [6, 6.07) is 0.450. The lowest BCUT2D eigenvalue weighted by Crippen LogP contribution is -1.95. The number of aromatic nitrogens is 3. The van der Waals surface area contributed by atoms with E-state index in [-0.39, 0.29) is 5.03 Å². The zero-order valence-corrected chi connectivity index (χ0v) is 8.58. The molecule has 15 heavy (non-hydrogen) atoms. The molecule has 0 radical (unpaired) electrons. The van der Waals surface area contributed by atoms with Crippen LogP contribution in [0.25, 0.3) is 0 Å². The van der Waals surface area contributed by atoms with E-state index in [1.807, 2.05) is 0 Å². The van der Waals surface area contributed by atoms with Crippen molar-refractivity contribution in [1.82, 2.24) is 14.3 Å². The molecule has 78 valence electrons. The van der Waals surface area contributed by atoms with Crippen molar-refractivity contribution in [2.45, 2.75) is 9.37 Å². The molecular formula is C7H2F3N3S2. The highest BCUT2D eigenvalue weighted by Crippen LogP contribution is 2.29. The maximum Gasteiger partial charge on any atom is 0.250 e. The number of nitrogens with zero attached hydrogens (tertiary/aromatic N) is 3. The van der Waals surface area contributed by atoms with Gasteiger partial charge in [-0.25, -0.2) is 18.7 Å². The number of hydrogen-bond acceptors (Lipinski definition) is 5. The largest absolute Gasteiger partial charge is 0.250 e. The molecule has 0 unspecified atom stereocenters. The van der Waals surface area contributed by atoms with Crippen molar-refractivity contribution < 1.29 is 13.2 Å². The normalized spacial score (nSPS) is 10.6. The van der Waals surface area contributed by atoms with E-state index in [0.717, 1.165) is 23.3 Å². The summed E-state index contributed by atoms with van der Waals surface area (Å²) in [6.45, 7) is 0. The molecule has 0 spiro atoms. The first-order valence-electron chi connectivity index (χ1n) is 3.63. The van der Waals surface area contributed by atoms with Gasteiger partial charge in [0.25, 0.3) is 0 Å². The summed E-state index contributed by atoms with van der Waals surface area (Å²) in [4.78, 5) is 6.88. The Bertz CT molecular complexity index is 475. The van der Waals surface area contributed by atoms with Crippen LogP contribution in [0.15, 0.2) is 21.8 Å². The van der Waals surface area contributed by atoms with Crippen LogP contribution in [0, 0.1) is 17.6 Å². The maximum absolute atomic E-state index is 13.1. The molecule has 0 amide bonds. The van der Waals surface area contributed by atoms with Gasteiger partial charge in [0, 0.05) is 6.07 Å². The fourth-order valence-electron chi connectivity index (χ4n) is 0.791. The topological polar surface area (TPSA) is 38.7 Å². The molecule has 0 aliphatic heterocycles. The van der Waals surface area contributed by atoms with Crippen LogP contribution in [0.2, 0.25) is 0 Å². The average molecular weight is 249 g/mol. The van der Waals surface area contributed by atoms with Gasteiger partial charge in [0.2, 0.25) is 5.95 Å². The van der Waals surface area contributed by atoms with Gasteiger partial charge in [-0.2, -0.15) is 8.76 Å². The van der Waals surface area contributed by atoms with Crippen molar-refractivity contribution in [3.63, 3.8) is 0 Å². The molecule has 2 rings (SSSR count). The third-order valence-electron chi connectivity index (χ3n) is 1.38. The molecule has 0 saturated carbocycles. The zero-order chi connectivity index (χ0) is 10.8. The van der Waals surface area contributed by atoms with Crippen molar-refractivity contribution in [2.24, 2.45) is 0 Å². The van der Waals surface area contributed by atoms with Crippen molar-refractivity contribution >= 4 is 23.3 Å². The van der Waals surface area contributed by atoms with Gasteiger partial charge in [-0.1, -0.05) is 0 Å². The summed E-state index contributed by atoms with van der Waals surface area (Å²) < 4.78 is 42.4. The maximum atomic E-state index is 13.1. The minimum atomic E-state index is -1.33. The smallest absolute Gasteiger partial charge is 0.216 e. The Hall–Kier alpha value is -1.15. The highest BCUT2D eigenvalue weighted by atomic mass is 32.2. The Labute approximate surface area is 90.5 Å². The van der Waals surface area contributed by atoms with Gasteiger partial charge >= 0.3 is 0 Å². The molecule has 2 aromatic heterocycles. The second kappa shape index (κ2) is 4.15. The van der Waals surface area contributed by atoms with Crippen LogP contribution < -0.4 is 0 Å². The SMILES string of the molecule is Fc1cc(F)c(Sc2ncns2)nc1F. The van der Waals surface area contributed by atoms with E-state index < -0.39 is 17.6 Å². The molecule has 0 fully saturated rings. The van der Waals surface area contributed by atoms with Crippen LogP contribution in [-0.2, 0) is 0 Å². The summed E-state index contributed by atoms with van der Waals surface area (Å²) >= 11 is 1.81. The molecule has 0 aliphatic carbocycles. The third-order valence-corrected chi connectivity index (χ3v) is 3.07. The van der Waals surface area contributed by atoms with E-state index in [0.29, 0.717) is 10.4 Å². The lowest BCUT2D eigenvalue weighted by Gasteiger charge is -1.99. The van der Waals surface area contributed by atoms with E-state index in [2.05, 4.69) is 14.3 Å². The van der Waals surface area contributed by atoms with Gasteiger partial charge < -0.3 is 0 Å². The molecule has 2 aromatic rings. The highest BCUT2D eigenvalue weighted by Gasteiger charge is 2.13. The van der Waals surface area contributed by atoms with Gasteiger partial charge in [-0.15, -0.1) is 0 Å². The molecule has 0 aliphatic rings. The predicted molar refractivity (Wildman–Crippen MR) is 48.1 cm³/mol. The lowest BCUT2D eigenvalue weighted by atomic mass is 10.4.